The minimum Gasteiger partial charge on any atom is -0.351 e. The van der Waals surface area contributed by atoms with E-state index >= 15 is 0 Å². The lowest BCUT2D eigenvalue weighted by Crippen LogP contribution is -2.29. The van der Waals surface area contributed by atoms with Crippen LogP contribution in [0, 0.1) is 20.8 Å². The normalized spacial score (nSPS) is 17.6. The molecule has 2 aromatic carbocycles. The Bertz CT molecular complexity index is 1570. The molecule has 1 saturated heterocycles. The highest BCUT2D eigenvalue weighted by Gasteiger charge is 2.42. The number of aromatic nitrogens is 2. The second-order valence-corrected chi connectivity index (χ2v) is 11.5. The fourth-order valence-electron chi connectivity index (χ4n) is 5.12. The summed E-state index contributed by atoms with van der Waals surface area (Å²) in [5.41, 5.74) is 7.62. The molecule has 0 amide bonds. The number of nitrogens with zero attached hydrogens (tertiary/aromatic N) is 3. The Labute approximate surface area is 223 Å². The van der Waals surface area contributed by atoms with Crippen LogP contribution in [0.3, 0.4) is 0 Å². The molecule has 0 bridgehead atoms. The Kier molecular flexibility index (Phi) is 6.51. The van der Waals surface area contributed by atoms with E-state index in [2.05, 4.69) is 56.5 Å². The van der Waals surface area contributed by atoms with E-state index in [1.165, 1.54) is 0 Å². The molecule has 1 aliphatic rings. The van der Waals surface area contributed by atoms with Gasteiger partial charge in [0.15, 0.2) is 5.11 Å². The molecule has 9 heteroatoms. The minimum absolute atomic E-state index is 0.167. The largest absolute Gasteiger partial charge is 0.351 e. The summed E-state index contributed by atoms with van der Waals surface area (Å²) in [6.45, 7) is 6.13. The maximum absolute atomic E-state index is 11.8. The quantitative estimate of drug-likeness (QED) is 0.327. The van der Waals surface area contributed by atoms with Crippen LogP contribution in [0.2, 0.25) is 0 Å². The van der Waals surface area contributed by atoms with Gasteiger partial charge in [-0.05, 0) is 92.6 Å². The van der Waals surface area contributed by atoms with Crippen molar-refractivity contribution in [1.29, 1.82) is 0 Å². The van der Waals surface area contributed by atoms with Crippen LogP contribution in [-0.4, -0.2) is 29.3 Å². The molecule has 37 heavy (non-hydrogen) atoms. The lowest BCUT2D eigenvalue weighted by molar-refractivity contribution is 0.565. The first-order valence-electron chi connectivity index (χ1n) is 12.0. The van der Waals surface area contributed by atoms with Crippen LogP contribution in [0.25, 0.3) is 5.69 Å². The molecule has 3 heterocycles. The van der Waals surface area contributed by atoms with Crippen LogP contribution in [0.15, 0.2) is 79.0 Å². The summed E-state index contributed by atoms with van der Waals surface area (Å²) in [7, 11) is -3.39. The number of aryl methyl sites for hydroxylation is 2. The summed E-state index contributed by atoms with van der Waals surface area (Å²) in [5.74, 6) is 0. The number of rotatable bonds is 6. The van der Waals surface area contributed by atoms with Gasteiger partial charge in [0.05, 0.1) is 29.7 Å². The Hall–Kier alpha value is -3.69. The smallest absolute Gasteiger partial charge is 0.229 e. The number of benzene rings is 2. The van der Waals surface area contributed by atoms with E-state index < -0.39 is 10.0 Å². The van der Waals surface area contributed by atoms with Gasteiger partial charge in [-0.3, -0.25) is 9.71 Å². The number of hydrogen-bond acceptors (Lipinski definition) is 4. The van der Waals surface area contributed by atoms with Crippen molar-refractivity contribution < 1.29 is 8.42 Å². The van der Waals surface area contributed by atoms with Gasteiger partial charge in [-0.25, -0.2) is 8.42 Å². The van der Waals surface area contributed by atoms with Crippen molar-refractivity contribution >= 4 is 38.7 Å². The summed E-state index contributed by atoms with van der Waals surface area (Å²) in [4.78, 5) is 6.77. The molecule has 1 aliphatic heterocycles. The maximum Gasteiger partial charge on any atom is 0.229 e. The number of anilines is 2. The molecule has 2 aromatic heterocycles. The molecule has 0 spiro atoms. The van der Waals surface area contributed by atoms with E-state index in [9.17, 15) is 8.42 Å². The third kappa shape index (κ3) is 4.84. The van der Waals surface area contributed by atoms with Gasteiger partial charge in [-0.2, -0.15) is 0 Å². The summed E-state index contributed by atoms with van der Waals surface area (Å²) in [5, 5.41) is 4.10. The van der Waals surface area contributed by atoms with Gasteiger partial charge < -0.3 is 14.8 Å². The predicted octanol–water partition coefficient (Wildman–Crippen LogP) is 5.35. The zero-order valence-corrected chi connectivity index (χ0v) is 22.8. The number of thiocarbonyl (C=S) groups is 1. The molecule has 0 saturated carbocycles. The molecular formula is C28H29N5O2S2. The first-order valence-corrected chi connectivity index (χ1v) is 14.3. The van der Waals surface area contributed by atoms with Gasteiger partial charge in [-0.1, -0.05) is 24.3 Å². The number of sulfonamides is 1. The van der Waals surface area contributed by atoms with Gasteiger partial charge >= 0.3 is 0 Å². The number of nitrogens with one attached hydrogen (secondary N) is 2. The lowest BCUT2D eigenvalue weighted by atomic mass is 9.96. The van der Waals surface area contributed by atoms with Crippen molar-refractivity contribution in [1.82, 2.24) is 14.9 Å². The first-order chi connectivity index (χ1) is 17.6. The van der Waals surface area contributed by atoms with Crippen molar-refractivity contribution in [2.24, 2.45) is 0 Å². The SMILES string of the molecule is Cc1cc(N2C(=S)N[C@H](c3ccccn3)[C@H]2c2cc(C)n(-c3ccccc3)c2C)ccc1NS(C)(=O)=O. The van der Waals surface area contributed by atoms with Crippen molar-refractivity contribution in [3.63, 3.8) is 0 Å². The van der Waals surface area contributed by atoms with Crippen molar-refractivity contribution in [3.05, 3.63) is 107 Å². The molecule has 0 unspecified atom stereocenters. The molecule has 4 aromatic rings. The standard InChI is InChI=1S/C28H29N5O2S2/c1-18-16-22(13-14-24(18)31-37(4,34)35)33-27(26(30-28(33)36)25-12-8-9-15-29-25)23-17-19(2)32(20(23)3)21-10-6-5-7-11-21/h5-17,26-27,31H,1-4H3,(H,30,36)/t26-,27-/m1/s1. The van der Waals surface area contributed by atoms with Gasteiger partial charge in [0, 0.05) is 29.0 Å². The molecular weight excluding hydrogens is 502 g/mol. The zero-order chi connectivity index (χ0) is 26.3. The minimum atomic E-state index is -3.39. The summed E-state index contributed by atoms with van der Waals surface area (Å²) in [6, 6.07) is 23.7. The van der Waals surface area contributed by atoms with Crippen LogP contribution < -0.4 is 14.9 Å². The third-order valence-electron chi connectivity index (χ3n) is 6.68. The molecule has 2 N–H and O–H groups in total. The van der Waals surface area contributed by atoms with E-state index in [-0.39, 0.29) is 12.1 Å². The molecule has 190 valence electrons. The van der Waals surface area contributed by atoms with E-state index in [4.69, 9.17) is 12.2 Å². The third-order valence-corrected chi connectivity index (χ3v) is 7.59. The van der Waals surface area contributed by atoms with E-state index in [1.54, 1.807) is 12.3 Å². The molecule has 1 fully saturated rings. The average molecular weight is 532 g/mol. The van der Waals surface area contributed by atoms with Crippen LogP contribution >= 0.6 is 12.2 Å². The van der Waals surface area contributed by atoms with Gasteiger partial charge in [0.2, 0.25) is 10.0 Å². The van der Waals surface area contributed by atoms with Crippen LogP contribution in [-0.2, 0) is 10.0 Å². The highest BCUT2D eigenvalue weighted by Crippen LogP contribution is 2.44. The Morgan fingerprint density at radius 1 is 0.946 bits per heavy atom. The zero-order valence-electron chi connectivity index (χ0n) is 21.1. The number of pyridine rings is 1. The molecule has 2 atom stereocenters. The summed E-state index contributed by atoms with van der Waals surface area (Å²) >= 11 is 5.89. The fraction of sp³-hybridized carbons (Fsp3) is 0.214. The van der Waals surface area contributed by atoms with Gasteiger partial charge in [0.1, 0.15) is 0 Å². The second kappa shape index (κ2) is 9.64. The number of para-hydroxylation sites is 1. The van der Waals surface area contributed by atoms with E-state index in [1.807, 2.05) is 55.5 Å². The van der Waals surface area contributed by atoms with Gasteiger partial charge in [-0.15, -0.1) is 0 Å². The van der Waals surface area contributed by atoms with Crippen molar-refractivity contribution in [2.75, 3.05) is 15.9 Å². The predicted molar refractivity (Wildman–Crippen MR) is 153 cm³/mol. The van der Waals surface area contributed by atoms with Crippen LogP contribution in [0.5, 0.6) is 0 Å². The lowest BCUT2D eigenvalue weighted by Gasteiger charge is -2.29. The van der Waals surface area contributed by atoms with E-state index in [0.29, 0.717) is 10.8 Å². The maximum atomic E-state index is 11.8. The van der Waals surface area contributed by atoms with Crippen LogP contribution in [0.4, 0.5) is 11.4 Å². The Morgan fingerprint density at radius 2 is 1.68 bits per heavy atom. The average Bonchev–Trinajstić information content (AvgIpc) is 3.35. The molecule has 7 nitrogen and oxygen atoms in total. The molecule has 0 aliphatic carbocycles. The Morgan fingerprint density at radius 3 is 2.32 bits per heavy atom. The van der Waals surface area contributed by atoms with E-state index in [0.717, 1.165) is 45.8 Å². The van der Waals surface area contributed by atoms with Crippen molar-refractivity contribution in [3.8, 4) is 5.69 Å². The summed E-state index contributed by atoms with van der Waals surface area (Å²) in [6.07, 6.45) is 2.94. The topological polar surface area (TPSA) is 79.3 Å². The Balaban J connectivity index is 1.65. The highest BCUT2D eigenvalue weighted by molar-refractivity contribution is 7.92. The highest BCUT2D eigenvalue weighted by atomic mass is 32.2. The summed E-state index contributed by atoms with van der Waals surface area (Å²) < 4.78 is 28.5. The van der Waals surface area contributed by atoms with Crippen molar-refractivity contribution in [2.45, 2.75) is 32.9 Å². The number of hydrogen-bond donors (Lipinski definition) is 2. The van der Waals surface area contributed by atoms with Gasteiger partial charge in [0.25, 0.3) is 0 Å². The first kappa shape index (κ1) is 25.0. The molecule has 5 rings (SSSR count). The molecule has 0 radical (unpaired) electrons. The second-order valence-electron chi connectivity index (χ2n) is 9.37. The fourth-order valence-corrected chi connectivity index (χ4v) is 6.10. The van der Waals surface area contributed by atoms with Crippen LogP contribution in [0.1, 0.15) is 40.3 Å². The monoisotopic (exact) mass is 531 g/mol.